The summed E-state index contributed by atoms with van der Waals surface area (Å²) in [7, 11) is 0.460. The number of hydrogen-bond acceptors (Lipinski definition) is 7. The van der Waals surface area contributed by atoms with E-state index in [4.69, 9.17) is 19.9 Å². The van der Waals surface area contributed by atoms with E-state index in [0.717, 1.165) is 4.09 Å². The van der Waals surface area contributed by atoms with E-state index < -0.39 is 10.0 Å². The smallest absolute Gasteiger partial charge is 0.285 e. The fraction of sp³-hybridized carbons (Fsp3) is 0.167. The predicted octanol–water partition coefficient (Wildman–Crippen LogP) is 2.40. The number of hydrogen-bond donors (Lipinski definition) is 1. The molecule has 142 valence electrons. The maximum absolute atomic E-state index is 13.0. The lowest BCUT2D eigenvalue weighted by Gasteiger charge is -2.10. The van der Waals surface area contributed by atoms with Crippen molar-refractivity contribution in [2.75, 3.05) is 27.1 Å². The molecule has 0 spiro atoms. The highest BCUT2D eigenvalue weighted by atomic mass is 32.2. The quantitative estimate of drug-likeness (QED) is 0.690. The summed E-state index contributed by atoms with van der Waals surface area (Å²) in [6.07, 6.45) is 0. The molecule has 3 aromatic rings. The largest absolute Gasteiger partial charge is 0.497 e. The van der Waals surface area contributed by atoms with Gasteiger partial charge >= 0.3 is 0 Å². The van der Waals surface area contributed by atoms with Gasteiger partial charge in [-0.1, -0.05) is 0 Å². The lowest BCUT2D eigenvalue weighted by atomic mass is 10.1. The molecular weight excluding hydrogens is 370 g/mol. The number of nitrogens with zero attached hydrogens (tertiary/aromatic N) is 2. The van der Waals surface area contributed by atoms with Crippen LogP contribution in [0.1, 0.15) is 0 Å². The number of rotatable bonds is 6. The lowest BCUT2D eigenvalue weighted by molar-refractivity contribution is 0.354. The first-order valence-electron chi connectivity index (χ1n) is 7.88. The van der Waals surface area contributed by atoms with Crippen LogP contribution in [0.3, 0.4) is 0 Å². The average Bonchev–Trinajstić information content (AvgIpc) is 3.09. The van der Waals surface area contributed by atoms with Crippen molar-refractivity contribution in [2.45, 2.75) is 4.90 Å². The fourth-order valence-electron chi connectivity index (χ4n) is 2.55. The molecule has 1 aromatic heterocycles. The van der Waals surface area contributed by atoms with Gasteiger partial charge in [0.2, 0.25) is 0 Å². The summed E-state index contributed by atoms with van der Waals surface area (Å²) in [6.45, 7) is 0. The zero-order valence-corrected chi connectivity index (χ0v) is 15.9. The van der Waals surface area contributed by atoms with Crippen LogP contribution in [0.5, 0.6) is 17.2 Å². The molecule has 27 heavy (non-hydrogen) atoms. The van der Waals surface area contributed by atoms with Gasteiger partial charge in [0, 0.05) is 17.7 Å². The standard InChI is InChI=1S/C18H19N3O5S/c1-24-13-6-4-12(5-7-13)15-11-18(19)21(20-15)27(22,23)14-8-9-16(25-2)17(10-14)26-3/h4-11H,19H2,1-3H3. The van der Waals surface area contributed by atoms with Gasteiger partial charge < -0.3 is 19.9 Å². The minimum absolute atomic E-state index is 0.00407. The first-order valence-corrected chi connectivity index (χ1v) is 9.32. The number of methoxy groups -OCH3 is 3. The summed E-state index contributed by atoms with van der Waals surface area (Å²) in [5.74, 6) is 1.39. The molecule has 0 aliphatic carbocycles. The number of nitrogen functional groups attached to an aromatic ring is 1. The molecule has 2 aromatic carbocycles. The van der Waals surface area contributed by atoms with Crippen molar-refractivity contribution in [1.82, 2.24) is 9.19 Å². The topological polar surface area (TPSA) is 106 Å². The first kappa shape index (κ1) is 18.6. The van der Waals surface area contributed by atoms with Gasteiger partial charge in [-0.05, 0) is 36.4 Å². The molecule has 0 aliphatic heterocycles. The summed E-state index contributed by atoms with van der Waals surface area (Å²) in [5.41, 5.74) is 7.07. The Bertz CT molecular complexity index is 1060. The Morgan fingerprint density at radius 3 is 2.15 bits per heavy atom. The zero-order chi connectivity index (χ0) is 19.6. The van der Waals surface area contributed by atoms with Crippen LogP contribution in [0.4, 0.5) is 5.82 Å². The Kier molecular flexibility index (Phi) is 4.95. The minimum Gasteiger partial charge on any atom is -0.497 e. The first-order chi connectivity index (χ1) is 12.9. The fourth-order valence-corrected chi connectivity index (χ4v) is 3.77. The van der Waals surface area contributed by atoms with Crippen molar-refractivity contribution in [2.24, 2.45) is 0 Å². The molecule has 0 saturated heterocycles. The second kappa shape index (κ2) is 7.20. The average molecular weight is 389 g/mol. The van der Waals surface area contributed by atoms with Gasteiger partial charge in [-0.15, -0.1) is 4.09 Å². The highest BCUT2D eigenvalue weighted by molar-refractivity contribution is 7.90. The second-order valence-corrected chi connectivity index (χ2v) is 7.32. The number of anilines is 1. The molecular formula is C18H19N3O5S. The molecule has 0 atom stereocenters. The van der Waals surface area contributed by atoms with Crippen LogP contribution in [0.2, 0.25) is 0 Å². The van der Waals surface area contributed by atoms with Crippen molar-refractivity contribution in [1.29, 1.82) is 0 Å². The highest BCUT2D eigenvalue weighted by Crippen LogP contribution is 2.31. The van der Waals surface area contributed by atoms with Crippen molar-refractivity contribution in [3.05, 3.63) is 48.5 Å². The third-order valence-electron chi connectivity index (χ3n) is 3.97. The van der Waals surface area contributed by atoms with Gasteiger partial charge in [0.05, 0.1) is 31.9 Å². The summed E-state index contributed by atoms with van der Waals surface area (Å²) in [5, 5.41) is 4.17. The van der Waals surface area contributed by atoms with Gasteiger partial charge in [-0.2, -0.15) is 13.5 Å². The number of nitrogens with two attached hydrogens (primary N) is 1. The van der Waals surface area contributed by atoms with E-state index in [1.54, 1.807) is 31.4 Å². The third kappa shape index (κ3) is 3.41. The summed E-state index contributed by atoms with van der Waals surface area (Å²) in [4.78, 5) is -0.0174. The molecule has 0 radical (unpaired) electrons. The van der Waals surface area contributed by atoms with Crippen molar-refractivity contribution < 1.29 is 22.6 Å². The molecule has 0 unspecified atom stereocenters. The van der Waals surface area contributed by atoms with Crippen molar-refractivity contribution in [3.8, 4) is 28.5 Å². The highest BCUT2D eigenvalue weighted by Gasteiger charge is 2.23. The van der Waals surface area contributed by atoms with Gasteiger partial charge in [-0.25, -0.2) is 0 Å². The molecule has 9 heteroatoms. The summed E-state index contributed by atoms with van der Waals surface area (Å²) < 4.78 is 42.2. The lowest BCUT2D eigenvalue weighted by Crippen LogP contribution is -2.17. The number of aromatic nitrogens is 2. The van der Waals surface area contributed by atoms with Crippen molar-refractivity contribution >= 4 is 15.8 Å². The van der Waals surface area contributed by atoms with E-state index in [9.17, 15) is 8.42 Å². The van der Waals surface area contributed by atoms with E-state index in [1.807, 2.05) is 0 Å². The Morgan fingerprint density at radius 1 is 0.889 bits per heavy atom. The van der Waals surface area contributed by atoms with Crippen LogP contribution < -0.4 is 19.9 Å². The van der Waals surface area contributed by atoms with Crippen molar-refractivity contribution in [3.63, 3.8) is 0 Å². The van der Waals surface area contributed by atoms with E-state index in [0.29, 0.717) is 28.5 Å². The molecule has 0 bridgehead atoms. The summed E-state index contributed by atoms with van der Waals surface area (Å²) in [6, 6.07) is 12.8. The van der Waals surface area contributed by atoms with Crippen LogP contribution in [-0.2, 0) is 10.0 Å². The monoisotopic (exact) mass is 389 g/mol. The second-order valence-electron chi connectivity index (χ2n) is 5.55. The van der Waals surface area contributed by atoms with Crippen LogP contribution >= 0.6 is 0 Å². The molecule has 0 saturated carbocycles. The third-order valence-corrected chi connectivity index (χ3v) is 5.57. The predicted molar refractivity (Wildman–Crippen MR) is 101 cm³/mol. The van der Waals surface area contributed by atoms with Crippen LogP contribution in [0.25, 0.3) is 11.3 Å². The molecule has 0 amide bonds. The molecule has 0 aliphatic rings. The molecule has 2 N–H and O–H groups in total. The Hall–Kier alpha value is -3.20. The van der Waals surface area contributed by atoms with Crippen LogP contribution in [0, 0.1) is 0 Å². The Labute approximate surface area is 157 Å². The van der Waals surface area contributed by atoms with Gasteiger partial charge in [0.25, 0.3) is 10.0 Å². The van der Waals surface area contributed by atoms with E-state index in [2.05, 4.69) is 5.10 Å². The maximum Gasteiger partial charge on any atom is 0.285 e. The molecule has 3 rings (SSSR count). The van der Waals surface area contributed by atoms with E-state index >= 15 is 0 Å². The van der Waals surface area contributed by atoms with Crippen LogP contribution in [-0.4, -0.2) is 38.9 Å². The minimum atomic E-state index is -4.01. The molecule has 1 heterocycles. The SMILES string of the molecule is COc1ccc(-c2cc(N)n(S(=O)(=O)c3ccc(OC)c(OC)c3)n2)cc1. The van der Waals surface area contributed by atoms with E-state index in [-0.39, 0.29) is 10.7 Å². The number of ether oxygens (including phenoxy) is 3. The van der Waals surface area contributed by atoms with Gasteiger partial charge in [-0.3, -0.25) is 0 Å². The Balaban J connectivity index is 2.04. The Morgan fingerprint density at radius 2 is 1.56 bits per heavy atom. The van der Waals surface area contributed by atoms with Gasteiger partial charge in [0.15, 0.2) is 11.5 Å². The molecule has 0 fully saturated rings. The summed E-state index contributed by atoms with van der Waals surface area (Å²) >= 11 is 0. The van der Waals surface area contributed by atoms with Crippen LogP contribution in [0.15, 0.2) is 53.4 Å². The number of benzene rings is 2. The van der Waals surface area contributed by atoms with E-state index in [1.165, 1.54) is 38.5 Å². The van der Waals surface area contributed by atoms with Gasteiger partial charge in [0.1, 0.15) is 11.6 Å². The maximum atomic E-state index is 13.0. The molecule has 8 nitrogen and oxygen atoms in total. The zero-order valence-electron chi connectivity index (χ0n) is 15.0. The normalized spacial score (nSPS) is 11.2.